The Morgan fingerprint density at radius 2 is 2.50 bits per heavy atom. The number of carboxylic acid groups (broad SMARTS) is 1. The average molecular weight is 236 g/mol. The molecule has 0 saturated carbocycles. The molecule has 1 aliphatic heterocycles. The van der Waals surface area contributed by atoms with Crippen molar-refractivity contribution < 1.29 is 15.0 Å². The predicted octanol–water partition coefficient (Wildman–Crippen LogP) is 1.36. The summed E-state index contributed by atoms with van der Waals surface area (Å²) in [5, 5.41) is 17.6. The van der Waals surface area contributed by atoms with Crippen LogP contribution >= 0.6 is 15.9 Å². The molecule has 4 nitrogen and oxygen atoms in total. The first kappa shape index (κ1) is 9.54. The smallest absolute Gasteiger partial charge is 0.411 e. The third-order valence-corrected chi connectivity index (χ3v) is 2.42. The summed E-state index contributed by atoms with van der Waals surface area (Å²) in [4.78, 5) is 11.8. The van der Waals surface area contributed by atoms with E-state index in [-0.39, 0.29) is 12.6 Å². The van der Waals surface area contributed by atoms with E-state index < -0.39 is 6.09 Å². The van der Waals surface area contributed by atoms with Crippen molar-refractivity contribution in [3.05, 3.63) is 10.7 Å². The molecule has 1 amide bonds. The second kappa shape index (κ2) is 3.91. The van der Waals surface area contributed by atoms with Gasteiger partial charge >= 0.3 is 6.09 Å². The predicted molar refractivity (Wildman–Crippen MR) is 47.0 cm³/mol. The van der Waals surface area contributed by atoms with Gasteiger partial charge in [0.05, 0.1) is 12.6 Å². The van der Waals surface area contributed by atoms with Gasteiger partial charge in [-0.3, -0.25) is 4.90 Å². The standard InChI is InChI=1S/C7H10BrNO3/c8-5-1-2-6(4-10)9(3-5)7(11)12/h3,6,10H,1-2,4H2,(H,11,12)/t6-/m0/s1. The molecule has 12 heavy (non-hydrogen) atoms. The summed E-state index contributed by atoms with van der Waals surface area (Å²) in [6.07, 6.45) is 1.94. The molecule has 1 rings (SSSR count). The van der Waals surface area contributed by atoms with Crippen LogP contribution in [-0.4, -0.2) is 33.9 Å². The van der Waals surface area contributed by atoms with Crippen molar-refractivity contribution in [2.75, 3.05) is 6.61 Å². The van der Waals surface area contributed by atoms with Crippen molar-refractivity contribution in [1.29, 1.82) is 0 Å². The van der Waals surface area contributed by atoms with Gasteiger partial charge in [0.1, 0.15) is 0 Å². The van der Waals surface area contributed by atoms with Gasteiger partial charge in [-0.25, -0.2) is 4.79 Å². The third kappa shape index (κ3) is 1.98. The van der Waals surface area contributed by atoms with Gasteiger partial charge in [0.15, 0.2) is 0 Å². The lowest BCUT2D eigenvalue weighted by molar-refractivity contribution is 0.116. The molecule has 0 aromatic heterocycles. The minimum Gasteiger partial charge on any atom is -0.465 e. The lowest BCUT2D eigenvalue weighted by Crippen LogP contribution is -2.39. The topological polar surface area (TPSA) is 60.8 Å². The van der Waals surface area contributed by atoms with E-state index in [0.29, 0.717) is 6.42 Å². The second-order valence-corrected chi connectivity index (χ2v) is 3.66. The molecule has 68 valence electrons. The molecule has 0 aromatic rings. The molecule has 0 saturated heterocycles. The van der Waals surface area contributed by atoms with Crippen molar-refractivity contribution in [1.82, 2.24) is 4.90 Å². The van der Waals surface area contributed by atoms with Gasteiger partial charge in [-0.2, -0.15) is 0 Å². The molecule has 2 N–H and O–H groups in total. The Morgan fingerprint density at radius 1 is 1.83 bits per heavy atom. The largest absolute Gasteiger partial charge is 0.465 e. The number of allylic oxidation sites excluding steroid dienone is 1. The van der Waals surface area contributed by atoms with Crippen LogP contribution in [0.2, 0.25) is 0 Å². The van der Waals surface area contributed by atoms with Crippen LogP contribution in [0.5, 0.6) is 0 Å². The molecule has 0 aromatic carbocycles. The van der Waals surface area contributed by atoms with Crippen LogP contribution < -0.4 is 0 Å². The van der Waals surface area contributed by atoms with Gasteiger partial charge in [-0.05, 0) is 12.8 Å². The maximum Gasteiger partial charge on any atom is 0.411 e. The van der Waals surface area contributed by atoms with Gasteiger partial charge < -0.3 is 10.2 Å². The molecular weight excluding hydrogens is 226 g/mol. The summed E-state index contributed by atoms with van der Waals surface area (Å²) in [5.74, 6) is 0. The summed E-state index contributed by atoms with van der Waals surface area (Å²) < 4.78 is 0.856. The number of carbonyl (C=O) groups is 1. The maximum atomic E-state index is 10.6. The number of hydrogen-bond donors (Lipinski definition) is 2. The van der Waals surface area contributed by atoms with E-state index >= 15 is 0 Å². The Kier molecular flexibility index (Phi) is 3.11. The Bertz CT molecular complexity index is 217. The van der Waals surface area contributed by atoms with E-state index in [2.05, 4.69) is 15.9 Å². The highest BCUT2D eigenvalue weighted by Gasteiger charge is 2.24. The fourth-order valence-corrected chi connectivity index (χ4v) is 1.60. The second-order valence-electron chi connectivity index (χ2n) is 2.64. The van der Waals surface area contributed by atoms with Crippen LogP contribution in [0.1, 0.15) is 12.8 Å². The lowest BCUT2D eigenvalue weighted by Gasteiger charge is -2.28. The quantitative estimate of drug-likeness (QED) is 0.722. The fourth-order valence-electron chi connectivity index (χ4n) is 1.16. The summed E-state index contributed by atoms with van der Waals surface area (Å²) in [7, 11) is 0. The molecule has 1 atom stereocenters. The number of rotatable bonds is 1. The molecule has 1 aliphatic rings. The lowest BCUT2D eigenvalue weighted by atomic mass is 10.1. The molecule has 5 heteroatoms. The van der Waals surface area contributed by atoms with Crippen molar-refractivity contribution in [2.24, 2.45) is 0 Å². The van der Waals surface area contributed by atoms with Crippen molar-refractivity contribution >= 4 is 22.0 Å². The third-order valence-electron chi connectivity index (χ3n) is 1.82. The van der Waals surface area contributed by atoms with E-state index in [9.17, 15) is 4.79 Å². The van der Waals surface area contributed by atoms with E-state index in [4.69, 9.17) is 10.2 Å². The number of hydrogen-bond acceptors (Lipinski definition) is 2. The minimum absolute atomic E-state index is 0.122. The molecule has 0 unspecified atom stereocenters. The normalized spacial score (nSPS) is 23.7. The van der Waals surface area contributed by atoms with Crippen LogP contribution in [-0.2, 0) is 0 Å². The first-order chi connectivity index (χ1) is 5.65. The minimum atomic E-state index is -1.02. The van der Waals surface area contributed by atoms with Crippen molar-refractivity contribution in [3.8, 4) is 0 Å². The van der Waals surface area contributed by atoms with Gasteiger partial charge in [-0.15, -0.1) is 0 Å². The van der Waals surface area contributed by atoms with Crippen LogP contribution in [0.25, 0.3) is 0 Å². The number of aliphatic hydroxyl groups excluding tert-OH is 1. The number of halogens is 1. The van der Waals surface area contributed by atoms with Gasteiger partial charge in [0.25, 0.3) is 0 Å². The zero-order chi connectivity index (χ0) is 9.14. The maximum absolute atomic E-state index is 10.6. The van der Waals surface area contributed by atoms with Crippen molar-refractivity contribution in [3.63, 3.8) is 0 Å². The number of amides is 1. The van der Waals surface area contributed by atoms with Crippen LogP contribution in [0.15, 0.2) is 10.7 Å². The SMILES string of the molecule is O=C(O)N1C=C(Br)CC[C@H]1CO. The Hall–Kier alpha value is -0.550. The van der Waals surface area contributed by atoms with Gasteiger partial charge in [0, 0.05) is 10.7 Å². The highest BCUT2D eigenvalue weighted by Crippen LogP contribution is 2.24. The molecular formula is C7H10BrNO3. The molecule has 0 fully saturated rings. The van der Waals surface area contributed by atoms with Gasteiger partial charge in [0.2, 0.25) is 0 Å². The number of nitrogens with zero attached hydrogens (tertiary/aromatic N) is 1. The highest BCUT2D eigenvalue weighted by atomic mass is 79.9. The van der Waals surface area contributed by atoms with Crippen LogP contribution in [0.3, 0.4) is 0 Å². The van der Waals surface area contributed by atoms with E-state index in [1.54, 1.807) is 0 Å². The summed E-state index contributed by atoms with van der Waals surface area (Å²) in [6.45, 7) is -0.122. The Morgan fingerprint density at radius 3 is 3.00 bits per heavy atom. The molecule has 0 aliphatic carbocycles. The summed E-state index contributed by atoms with van der Waals surface area (Å²) >= 11 is 3.23. The van der Waals surface area contributed by atoms with Crippen LogP contribution in [0.4, 0.5) is 4.79 Å². The zero-order valence-electron chi connectivity index (χ0n) is 6.40. The van der Waals surface area contributed by atoms with E-state index in [1.807, 2.05) is 0 Å². The zero-order valence-corrected chi connectivity index (χ0v) is 7.99. The molecule has 0 spiro atoms. The first-order valence-corrected chi connectivity index (χ1v) is 4.42. The Labute approximate surface area is 78.6 Å². The summed E-state index contributed by atoms with van der Waals surface area (Å²) in [6, 6.07) is -0.288. The van der Waals surface area contributed by atoms with Gasteiger partial charge in [-0.1, -0.05) is 15.9 Å². The Balaban J connectivity index is 2.75. The van der Waals surface area contributed by atoms with E-state index in [0.717, 1.165) is 15.8 Å². The van der Waals surface area contributed by atoms with E-state index in [1.165, 1.54) is 6.20 Å². The van der Waals surface area contributed by atoms with Crippen LogP contribution in [0, 0.1) is 0 Å². The highest BCUT2D eigenvalue weighted by molar-refractivity contribution is 9.11. The molecule has 0 radical (unpaired) electrons. The molecule has 0 bridgehead atoms. The molecule has 1 heterocycles. The first-order valence-electron chi connectivity index (χ1n) is 3.63. The average Bonchev–Trinajstić information content (AvgIpc) is 2.04. The fraction of sp³-hybridized carbons (Fsp3) is 0.571. The number of aliphatic hydroxyl groups is 1. The van der Waals surface area contributed by atoms with Crippen molar-refractivity contribution in [2.45, 2.75) is 18.9 Å². The monoisotopic (exact) mass is 235 g/mol. The summed E-state index contributed by atoms with van der Waals surface area (Å²) in [5.41, 5.74) is 0.